The fourth-order valence-corrected chi connectivity index (χ4v) is 2.16. The van der Waals surface area contributed by atoms with Crippen LogP contribution in [-0.2, 0) is 0 Å². The molecule has 1 aromatic heterocycles. The summed E-state index contributed by atoms with van der Waals surface area (Å²) in [5.74, 6) is 1.39. The highest BCUT2D eigenvalue weighted by molar-refractivity contribution is 5.51. The van der Waals surface area contributed by atoms with Crippen molar-refractivity contribution in [2.75, 3.05) is 23.8 Å². The molecule has 3 N–H and O–H groups in total. The average Bonchev–Trinajstić information content (AvgIpc) is 2.59. The van der Waals surface area contributed by atoms with Crippen LogP contribution in [0.3, 0.4) is 0 Å². The Kier molecular flexibility index (Phi) is 2.77. The molecule has 4 heteroatoms. The molecule has 1 aromatic rings. The molecule has 2 atom stereocenters. The molecule has 0 radical (unpaired) electrons. The van der Waals surface area contributed by atoms with Crippen LogP contribution >= 0.6 is 0 Å². The number of nitrogens with zero attached hydrogens (tertiary/aromatic N) is 2. The summed E-state index contributed by atoms with van der Waals surface area (Å²) in [7, 11) is 0. The van der Waals surface area contributed by atoms with Crippen molar-refractivity contribution in [3.05, 3.63) is 18.3 Å². The van der Waals surface area contributed by atoms with Crippen molar-refractivity contribution in [2.24, 2.45) is 5.92 Å². The van der Waals surface area contributed by atoms with Gasteiger partial charge in [-0.05, 0) is 18.4 Å². The Morgan fingerprint density at radius 3 is 3.13 bits per heavy atom. The average molecular weight is 207 g/mol. The van der Waals surface area contributed by atoms with Gasteiger partial charge in [0, 0.05) is 24.5 Å². The first-order chi connectivity index (χ1) is 7.22. The smallest absolute Gasteiger partial charge is 0.130 e. The van der Waals surface area contributed by atoms with Gasteiger partial charge >= 0.3 is 0 Å². The molecule has 0 saturated carbocycles. The summed E-state index contributed by atoms with van der Waals surface area (Å²) in [6.07, 6.45) is 2.81. The van der Waals surface area contributed by atoms with Gasteiger partial charge in [0.1, 0.15) is 5.82 Å². The lowest BCUT2D eigenvalue weighted by Crippen LogP contribution is -2.35. The van der Waals surface area contributed by atoms with Gasteiger partial charge in [-0.3, -0.25) is 0 Å². The lowest BCUT2D eigenvalue weighted by Gasteiger charge is -2.26. The van der Waals surface area contributed by atoms with Gasteiger partial charge in [-0.2, -0.15) is 0 Å². The van der Waals surface area contributed by atoms with Crippen LogP contribution in [0.25, 0.3) is 0 Å². The van der Waals surface area contributed by atoms with Gasteiger partial charge in [-0.1, -0.05) is 6.92 Å². The summed E-state index contributed by atoms with van der Waals surface area (Å²) in [6, 6.07) is 3.82. The molecule has 1 saturated heterocycles. The van der Waals surface area contributed by atoms with Crippen LogP contribution in [0, 0.1) is 5.92 Å². The summed E-state index contributed by atoms with van der Waals surface area (Å²) >= 11 is 0. The fraction of sp³-hybridized carbons (Fsp3) is 0.545. The first kappa shape index (κ1) is 10.2. The molecule has 4 nitrogen and oxygen atoms in total. The van der Waals surface area contributed by atoms with E-state index in [-0.39, 0.29) is 12.6 Å². The molecule has 15 heavy (non-hydrogen) atoms. The molecule has 2 rings (SSSR count). The highest BCUT2D eigenvalue weighted by Gasteiger charge is 2.31. The summed E-state index contributed by atoms with van der Waals surface area (Å²) in [4.78, 5) is 6.43. The lowest BCUT2D eigenvalue weighted by molar-refractivity contribution is 0.244. The van der Waals surface area contributed by atoms with E-state index in [1.54, 1.807) is 12.3 Å². The Morgan fingerprint density at radius 1 is 1.67 bits per heavy atom. The van der Waals surface area contributed by atoms with Crippen LogP contribution < -0.4 is 10.6 Å². The Labute approximate surface area is 89.7 Å². The van der Waals surface area contributed by atoms with E-state index in [0.717, 1.165) is 24.5 Å². The predicted octanol–water partition coefficient (Wildman–Crippen LogP) is 0.871. The van der Waals surface area contributed by atoms with E-state index in [2.05, 4.69) is 16.8 Å². The standard InChI is InChI=1S/C11H17N3O/c1-8-3-5-14(10(8)7-15)11-6-9(12)2-4-13-11/h2,4,6,8,10,15H,3,5,7H2,1H3,(H2,12,13). The Balaban J connectivity index is 2.23. The topological polar surface area (TPSA) is 62.4 Å². The van der Waals surface area contributed by atoms with Gasteiger partial charge in [-0.15, -0.1) is 0 Å². The van der Waals surface area contributed by atoms with E-state index in [1.165, 1.54) is 0 Å². The van der Waals surface area contributed by atoms with Crippen molar-refractivity contribution in [1.29, 1.82) is 0 Å². The predicted molar refractivity (Wildman–Crippen MR) is 60.7 cm³/mol. The minimum Gasteiger partial charge on any atom is -0.399 e. The van der Waals surface area contributed by atoms with Gasteiger partial charge in [-0.25, -0.2) is 4.98 Å². The molecular weight excluding hydrogens is 190 g/mol. The largest absolute Gasteiger partial charge is 0.399 e. The zero-order valence-electron chi connectivity index (χ0n) is 8.93. The van der Waals surface area contributed by atoms with Gasteiger partial charge in [0.15, 0.2) is 0 Å². The van der Waals surface area contributed by atoms with Gasteiger partial charge < -0.3 is 15.7 Å². The Morgan fingerprint density at radius 2 is 2.47 bits per heavy atom. The molecule has 2 heterocycles. The number of anilines is 2. The second kappa shape index (κ2) is 4.06. The normalized spacial score (nSPS) is 25.9. The van der Waals surface area contributed by atoms with Crippen molar-refractivity contribution in [2.45, 2.75) is 19.4 Å². The molecule has 0 bridgehead atoms. The van der Waals surface area contributed by atoms with Crippen LogP contribution in [0.15, 0.2) is 18.3 Å². The number of aromatic nitrogens is 1. The zero-order valence-corrected chi connectivity index (χ0v) is 8.93. The summed E-state index contributed by atoms with van der Waals surface area (Å²) in [6.45, 7) is 3.29. The number of pyridine rings is 1. The zero-order chi connectivity index (χ0) is 10.8. The number of nitrogens with two attached hydrogens (primary N) is 1. The maximum absolute atomic E-state index is 9.34. The van der Waals surface area contributed by atoms with Crippen LogP contribution in [0.5, 0.6) is 0 Å². The number of nitrogen functional groups attached to an aromatic ring is 1. The third-order valence-electron chi connectivity index (χ3n) is 3.13. The van der Waals surface area contributed by atoms with E-state index < -0.39 is 0 Å². The number of aliphatic hydroxyl groups excluding tert-OH is 1. The van der Waals surface area contributed by atoms with E-state index >= 15 is 0 Å². The van der Waals surface area contributed by atoms with Crippen LogP contribution in [0.2, 0.25) is 0 Å². The fourth-order valence-electron chi connectivity index (χ4n) is 2.16. The van der Waals surface area contributed by atoms with Gasteiger partial charge in [0.25, 0.3) is 0 Å². The molecule has 82 valence electrons. The van der Waals surface area contributed by atoms with Crippen molar-refractivity contribution in [3.8, 4) is 0 Å². The molecule has 1 aliphatic rings. The SMILES string of the molecule is CC1CCN(c2cc(N)ccn2)C1CO. The van der Waals surface area contributed by atoms with E-state index in [4.69, 9.17) is 5.73 Å². The van der Waals surface area contributed by atoms with E-state index in [9.17, 15) is 5.11 Å². The van der Waals surface area contributed by atoms with Crippen LogP contribution in [-0.4, -0.2) is 29.3 Å². The highest BCUT2D eigenvalue weighted by Crippen LogP contribution is 2.28. The molecule has 0 spiro atoms. The van der Waals surface area contributed by atoms with Crippen molar-refractivity contribution < 1.29 is 5.11 Å². The number of aliphatic hydroxyl groups is 1. The maximum atomic E-state index is 9.34. The number of rotatable bonds is 2. The first-order valence-electron chi connectivity index (χ1n) is 5.31. The molecule has 1 aliphatic heterocycles. The molecule has 2 unspecified atom stereocenters. The maximum Gasteiger partial charge on any atom is 0.130 e. The Bertz CT molecular complexity index is 342. The molecule has 1 fully saturated rings. The molecule has 0 amide bonds. The minimum absolute atomic E-state index is 0.178. The van der Waals surface area contributed by atoms with Crippen LogP contribution in [0.1, 0.15) is 13.3 Å². The molecular formula is C11H17N3O. The van der Waals surface area contributed by atoms with E-state index in [1.807, 2.05) is 6.07 Å². The Hall–Kier alpha value is -1.29. The summed E-state index contributed by atoms with van der Waals surface area (Å²) in [5, 5.41) is 9.34. The molecule has 0 aliphatic carbocycles. The third-order valence-corrected chi connectivity index (χ3v) is 3.13. The van der Waals surface area contributed by atoms with Crippen molar-refractivity contribution in [3.63, 3.8) is 0 Å². The van der Waals surface area contributed by atoms with Crippen molar-refractivity contribution >= 4 is 11.5 Å². The van der Waals surface area contributed by atoms with Crippen molar-refractivity contribution in [1.82, 2.24) is 4.98 Å². The summed E-state index contributed by atoms with van der Waals surface area (Å²) < 4.78 is 0. The minimum atomic E-state index is 0.178. The van der Waals surface area contributed by atoms with E-state index in [0.29, 0.717) is 5.92 Å². The monoisotopic (exact) mass is 207 g/mol. The van der Waals surface area contributed by atoms with Gasteiger partial charge in [0.2, 0.25) is 0 Å². The third kappa shape index (κ3) is 1.90. The second-order valence-electron chi connectivity index (χ2n) is 4.16. The lowest BCUT2D eigenvalue weighted by atomic mass is 10.0. The number of hydrogen-bond donors (Lipinski definition) is 2. The highest BCUT2D eigenvalue weighted by atomic mass is 16.3. The second-order valence-corrected chi connectivity index (χ2v) is 4.16. The van der Waals surface area contributed by atoms with Gasteiger partial charge in [0.05, 0.1) is 12.6 Å². The quantitative estimate of drug-likeness (QED) is 0.755. The summed E-state index contributed by atoms with van der Waals surface area (Å²) in [5.41, 5.74) is 6.44. The first-order valence-corrected chi connectivity index (χ1v) is 5.31. The molecule has 0 aromatic carbocycles. The number of hydrogen-bond acceptors (Lipinski definition) is 4. The van der Waals surface area contributed by atoms with Crippen LogP contribution in [0.4, 0.5) is 11.5 Å².